The largest absolute Gasteiger partial charge is 0.491 e. The molecule has 0 saturated heterocycles. The van der Waals surface area contributed by atoms with E-state index in [2.05, 4.69) is 5.32 Å². The molecule has 0 amide bonds. The second-order valence-corrected chi connectivity index (χ2v) is 5.19. The molecule has 1 saturated carbocycles. The van der Waals surface area contributed by atoms with Crippen molar-refractivity contribution in [3.8, 4) is 5.75 Å². The molecule has 0 spiro atoms. The number of rotatable bonds is 7. The van der Waals surface area contributed by atoms with Gasteiger partial charge in [0.05, 0.1) is 6.10 Å². The summed E-state index contributed by atoms with van der Waals surface area (Å²) < 4.78 is 23.4. The molecule has 4 nitrogen and oxygen atoms in total. The van der Waals surface area contributed by atoms with Gasteiger partial charge in [-0.1, -0.05) is 0 Å². The number of halogens is 1. The molecule has 3 atom stereocenters. The van der Waals surface area contributed by atoms with Crippen LogP contribution in [0.2, 0.25) is 0 Å². The highest BCUT2D eigenvalue weighted by Gasteiger charge is 2.24. The molecule has 3 unspecified atom stereocenters. The number of aliphatic hydroxyl groups excluding tert-OH is 1. The molecule has 112 valence electrons. The van der Waals surface area contributed by atoms with Crippen LogP contribution in [0, 0.1) is 5.82 Å². The normalized spacial score (nSPS) is 23.8. The summed E-state index contributed by atoms with van der Waals surface area (Å²) in [6.07, 6.45) is 2.88. The highest BCUT2D eigenvalue weighted by molar-refractivity contribution is 5.22. The van der Waals surface area contributed by atoms with Crippen LogP contribution in [-0.2, 0) is 4.74 Å². The van der Waals surface area contributed by atoms with Gasteiger partial charge < -0.3 is 19.9 Å². The smallest absolute Gasteiger partial charge is 0.123 e. The lowest BCUT2D eigenvalue weighted by molar-refractivity contribution is 0.0966. The molecule has 20 heavy (non-hydrogen) atoms. The molecule has 2 rings (SSSR count). The predicted molar refractivity (Wildman–Crippen MR) is 74.3 cm³/mol. The van der Waals surface area contributed by atoms with Gasteiger partial charge in [-0.3, -0.25) is 0 Å². The standard InChI is InChI=1S/C15H22FNO3/c1-19-15-7-4-12(8-15)17-9-13(18)10-20-14-5-2-11(16)3-6-14/h2-3,5-6,12-13,15,17-18H,4,7-10H2,1H3. The van der Waals surface area contributed by atoms with Crippen molar-refractivity contribution < 1.29 is 19.0 Å². The number of hydrogen-bond donors (Lipinski definition) is 2. The van der Waals surface area contributed by atoms with Gasteiger partial charge in [-0.15, -0.1) is 0 Å². The number of ether oxygens (including phenoxy) is 2. The lowest BCUT2D eigenvalue weighted by Crippen LogP contribution is -2.37. The first-order chi connectivity index (χ1) is 9.67. The molecule has 1 aromatic rings. The quantitative estimate of drug-likeness (QED) is 0.800. The third-order valence-electron chi connectivity index (χ3n) is 3.62. The summed E-state index contributed by atoms with van der Waals surface area (Å²) in [6, 6.07) is 6.18. The Morgan fingerprint density at radius 2 is 2.10 bits per heavy atom. The van der Waals surface area contributed by atoms with Gasteiger partial charge in [-0.05, 0) is 43.5 Å². The first-order valence-corrected chi connectivity index (χ1v) is 7.00. The van der Waals surface area contributed by atoms with Gasteiger partial charge in [0.1, 0.15) is 24.3 Å². The summed E-state index contributed by atoms with van der Waals surface area (Å²) in [7, 11) is 1.73. The maximum Gasteiger partial charge on any atom is 0.123 e. The molecule has 0 aliphatic heterocycles. The lowest BCUT2D eigenvalue weighted by Gasteiger charge is -2.17. The molecule has 1 aliphatic carbocycles. The van der Waals surface area contributed by atoms with Crippen LogP contribution >= 0.6 is 0 Å². The van der Waals surface area contributed by atoms with Crippen molar-refractivity contribution >= 4 is 0 Å². The lowest BCUT2D eigenvalue weighted by atomic mass is 10.2. The molecule has 0 aromatic heterocycles. The summed E-state index contributed by atoms with van der Waals surface area (Å²) >= 11 is 0. The van der Waals surface area contributed by atoms with E-state index in [1.54, 1.807) is 19.2 Å². The Kier molecular flexibility index (Phi) is 5.76. The van der Waals surface area contributed by atoms with E-state index < -0.39 is 6.10 Å². The third-order valence-corrected chi connectivity index (χ3v) is 3.62. The highest BCUT2D eigenvalue weighted by Crippen LogP contribution is 2.21. The number of methoxy groups -OCH3 is 1. The van der Waals surface area contributed by atoms with Gasteiger partial charge in [0.15, 0.2) is 0 Å². The molecule has 5 heteroatoms. The Hall–Kier alpha value is -1.17. The average molecular weight is 283 g/mol. The van der Waals surface area contributed by atoms with E-state index in [0.717, 1.165) is 19.3 Å². The van der Waals surface area contributed by atoms with Crippen LogP contribution in [0.5, 0.6) is 5.75 Å². The molecule has 2 N–H and O–H groups in total. The van der Waals surface area contributed by atoms with E-state index in [1.807, 2.05) is 0 Å². The minimum absolute atomic E-state index is 0.194. The maximum absolute atomic E-state index is 12.7. The molecule has 0 heterocycles. The molecule has 0 radical (unpaired) electrons. The van der Waals surface area contributed by atoms with Crippen molar-refractivity contribution in [2.24, 2.45) is 0 Å². The second-order valence-electron chi connectivity index (χ2n) is 5.19. The predicted octanol–water partition coefficient (Wildman–Crippen LogP) is 1.72. The number of aliphatic hydroxyl groups is 1. The summed E-state index contributed by atoms with van der Waals surface area (Å²) in [6.45, 7) is 0.682. The van der Waals surface area contributed by atoms with Gasteiger partial charge in [-0.25, -0.2) is 4.39 Å². The minimum Gasteiger partial charge on any atom is -0.491 e. The zero-order valence-electron chi connectivity index (χ0n) is 11.7. The first-order valence-electron chi connectivity index (χ1n) is 7.00. The van der Waals surface area contributed by atoms with Crippen LogP contribution in [0.3, 0.4) is 0 Å². The van der Waals surface area contributed by atoms with Crippen LogP contribution in [0.4, 0.5) is 4.39 Å². The molecule has 1 aromatic carbocycles. The Morgan fingerprint density at radius 3 is 2.75 bits per heavy atom. The Labute approximate surface area is 118 Å². The van der Waals surface area contributed by atoms with Gasteiger partial charge in [0.2, 0.25) is 0 Å². The topological polar surface area (TPSA) is 50.7 Å². The number of benzene rings is 1. The number of hydrogen-bond acceptors (Lipinski definition) is 4. The molecule has 0 bridgehead atoms. The average Bonchev–Trinajstić information content (AvgIpc) is 2.92. The summed E-state index contributed by atoms with van der Waals surface area (Å²) in [5.74, 6) is 0.263. The van der Waals surface area contributed by atoms with Crippen LogP contribution in [0.15, 0.2) is 24.3 Å². The molecule has 1 fully saturated rings. The van der Waals surface area contributed by atoms with E-state index in [0.29, 0.717) is 24.4 Å². The van der Waals surface area contributed by atoms with E-state index >= 15 is 0 Å². The van der Waals surface area contributed by atoms with Crippen molar-refractivity contribution in [2.45, 2.75) is 37.5 Å². The van der Waals surface area contributed by atoms with Crippen molar-refractivity contribution in [3.05, 3.63) is 30.1 Å². The maximum atomic E-state index is 12.7. The fourth-order valence-corrected chi connectivity index (χ4v) is 2.42. The Balaban J connectivity index is 1.63. The van der Waals surface area contributed by atoms with Crippen LogP contribution < -0.4 is 10.1 Å². The van der Waals surface area contributed by atoms with Gasteiger partial charge in [0, 0.05) is 19.7 Å². The van der Waals surface area contributed by atoms with Crippen molar-refractivity contribution in [1.82, 2.24) is 5.32 Å². The molecule has 1 aliphatic rings. The molecular weight excluding hydrogens is 261 g/mol. The van der Waals surface area contributed by atoms with Gasteiger partial charge >= 0.3 is 0 Å². The van der Waals surface area contributed by atoms with Gasteiger partial charge in [-0.2, -0.15) is 0 Å². The van der Waals surface area contributed by atoms with E-state index in [1.165, 1.54) is 12.1 Å². The van der Waals surface area contributed by atoms with E-state index in [9.17, 15) is 9.50 Å². The Bertz CT molecular complexity index is 399. The fraction of sp³-hybridized carbons (Fsp3) is 0.600. The van der Waals surface area contributed by atoms with Crippen LogP contribution in [0.25, 0.3) is 0 Å². The monoisotopic (exact) mass is 283 g/mol. The Morgan fingerprint density at radius 1 is 1.35 bits per heavy atom. The van der Waals surface area contributed by atoms with Crippen molar-refractivity contribution in [2.75, 3.05) is 20.3 Å². The first kappa shape index (κ1) is 15.2. The summed E-state index contributed by atoms with van der Waals surface area (Å²) in [5.41, 5.74) is 0. The zero-order chi connectivity index (χ0) is 14.4. The third kappa shape index (κ3) is 4.74. The highest BCUT2D eigenvalue weighted by atomic mass is 19.1. The van der Waals surface area contributed by atoms with Crippen LogP contribution in [0.1, 0.15) is 19.3 Å². The fourth-order valence-electron chi connectivity index (χ4n) is 2.42. The van der Waals surface area contributed by atoms with Gasteiger partial charge in [0.25, 0.3) is 0 Å². The zero-order valence-corrected chi connectivity index (χ0v) is 11.7. The van der Waals surface area contributed by atoms with Crippen LogP contribution in [-0.4, -0.2) is 43.6 Å². The summed E-state index contributed by atoms with van der Waals surface area (Å²) in [5, 5.41) is 13.2. The second kappa shape index (κ2) is 7.57. The number of nitrogens with one attached hydrogen (secondary N) is 1. The SMILES string of the molecule is COC1CCC(NCC(O)COc2ccc(F)cc2)C1. The summed E-state index contributed by atoms with van der Waals surface area (Å²) in [4.78, 5) is 0. The minimum atomic E-state index is -0.582. The molecular formula is C15H22FNO3. The van der Waals surface area contributed by atoms with E-state index in [-0.39, 0.29) is 12.4 Å². The van der Waals surface area contributed by atoms with Crippen molar-refractivity contribution in [1.29, 1.82) is 0 Å². The van der Waals surface area contributed by atoms with E-state index in [4.69, 9.17) is 9.47 Å². The van der Waals surface area contributed by atoms with Crippen molar-refractivity contribution in [3.63, 3.8) is 0 Å².